The monoisotopic (exact) mass is 274 g/mol. The van der Waals surface area contributed by atoms with Crippen molar-refractivity contribution in [3.63, 3.8) is 0 Å². The van der Waals surface area contributed by atoms with Gasteiger partial charge in [0.1, 0.15) is 0 Å². The number of nitrogens with zero attached hydrogens (tertiary/aromatic N) is 1. The van der Waals surface area contributed by atoms with Crippen molar-refractivity contribution in [2.75, 3.05) is 13.1 Å². The van der Waals surface area contributed by atoms with Gasteiger partial charge in [0.2, 0.25) is 0 Å². The van der Waals surface area contributed by atoms with Gasteiger partial charge in [-0.1, -0.05) is 32.0 Å². The second-order valence-corrected chi connectivity index (χ2v) is 6.93. The highest BCUT2D eigenvalue weighted by Crippen LogP contribution is 2.18. The predicted octanol–water partition coefficient (Wildman–Crippen LogP) is 3.51. The molecule has 1 aromatic carbocycles. The molecule has 2 atom stereocenters. The summed E-state index contributed by atoms with van der Waals surface area (Å²) in [6.45, 7) is 14.7. The molecule has 2 nitrogen and oxygen atoms in total. The quantitative estimate of drug-likeness (QED) is 0.904. The van der Waals surface area contributed by atoms with Crippen molar-refractivity contribution in [3.8, 4) is 0 Å². The largest absolute Gasteiger partial charge is 0.311 e. The average Bonchev–Trinajstić information content (AvgIpc) is 2.37. The number of hydrogen-bond acceptors (Lipinski definition) is 2. The molecule has 0 saturated carbocycles. The standard InChI is InChI=1S/C18H30N2/c1-13(2)8-18-12-20(16(5)10-19-18)11-17-7-6-14(3)15(4)9-17/h6-7,9,13,16,18-19H,8,10-12H2,1-5H3. The summed E-state index contributed by atoms with van der Waals surface area (Å²) in [4.78, 5) is 2.63. The minimum Gasteiger partial charge on any atom is -0.311 e. The SMILES string of the molecule is Cc1ccc(CN2CC(CC(C)C)NCC2C)cc1C. The van der Waals surface area contributed by atoms with Crippen LogP contribution in [0, 0.1) is 19.8 Å². The van der Waals surface area contributed by atoms with Gasteiger partial charge >= 0.3 is 0 Å². The van der Waals surface area contributed by atoms with Crippen molar-refractivity contribution in [1.29, 1.82) is 0 Å². The van der Waals surface area contributed by atoms with Gasteiger partial charge in [-0.15, -0.1) is 0 Å². The third kappa shape index (κ3) is 4.07. The van der Waals surface area contributed by atoms with Gasteiger partial charge in [0.25, 0.3) is 0 Å². The molecular weight excluding hydrogens is 244 g/mol. The zero-order valence-corrected chi connectivity index (χ0v) is 13.7. The molecule has 1 aliphatic rings. The molecule has 2 heteroatoms. The highest BCUT2D eigenvalue weighted by Gasteiger charge is 2.25. The fourth-order valence-corrected chi connectivity index (χ4v) is 3.08. The molecule has 1 saturated heterocycles. The zero-order chi connectivity index (χ0) is 14.7. The molecule has 1 aliphatic heterocycles. The Morgan fingerprint density at radius 1 is 1.25 bits per heavy atom. The van der Waals surface area contributed by atoms with Crippen LogP contribution in [0.25, 0.3) is 0 Å². The molecule has 20 heavy (non-hydrogen) atoms. The Bertz CT molecular complexity index is 439. The molecular formula is C18H30N2. The van der Waals surface area contributed by atoms with Crippen LogP contribution in [0.4, 0.5) is 0 Å². The first kappa shape index (κ1) is 15.5. The smallest absolute Gasteiger partial charge is 0.0237 e. The first-order valence-electron chi connectivity index (χ1n) is 7.99. The van der Waals surface area contributed by atoms with E-state index in [1.54, 1.807) is 0 Å². The third-order valence-electron chi connectivity index (χ3n) is 4.49. The number of nitrogens with one attached hydrogen (secondary N) is 1. The normalized spacial score (nSPS) is 24.3. The minimum absolute atomic E-state index is 0.625. The van der Waals surface area contributed by atoms with Gasteiger partial charge in [-0.3, -0.25) is 4.90 Å². The van der Waals surface area contributed by atoms with Crippen LogP contribution in [0.5, 0.6) is 0 Å². The summed E-state index contributed by atoms with van der Waals surface area (Å²) < 4.78 is 0. The topological polar surface area (TPSA) is 15.3 Å². The Hall–Kier alpha value is -0.860. The van der Waals surface area contributed by atoms with E-state index in [0.717, 1.165) is 19.0 Å². The molecule has 0 bridgehead atoms. The van der Waals surface area contributed by atoms with E-state index in [9.17, 15) is 0 Å². The lowest BCUT2D eigenvalue weighted by atomic mass is 9.99. The maximum atomic E-state index is 3.69. The first-order chi connectivity index (χ1) is 9.45. The summed E-state index contributed by atoms with van der Waals surface area (Å²) in [5.41, 5.74) is 4.24. The summed E-state index contributed by atoms with van der Waals surface area (Å²) >= 11 is 0. The molecule has 1 N–H and O–H groups in total. The van der Waals surface area contributed by atoms with Gasteiger partial charge in [-0.2, -0.15) is 0 Å². The Morgan fingerprint density at radius 3 is 2.65 bits per heavy atom. The van der Waals surface area contributed by atoms with Crippen LogP contribution in [0.1, 0.15) is 43.9 Å². The van der Waals surface area contributed by atoms with Crippen LogP contribution in [0.2, 0.25) is 0 Å². The van der Waals surface area contributed by atoms with Crippen LogP contribution in [0.3, 0.4) is 0 Å². The molecule has 2 unspecified atom stereocenters. The van der Waals surface area contributed by atoms with Crippen molar-refractivity contribution >= 4 is 0 Å². The Kier molecular flexibility index (Phi) is 5.22. The number of rotatable bonds is 4. The lowest BCUT2D eigenvalue weighted by molar-refractivity contribution is 0.125. The van der Waals surface area contributed by atoms with Gasteiger partial charge in [-0.05, 0) is 49.8 Å². The molecule has 1 heterocycles. The van der Waals surface area contributed by atoms with Crippen molar-refractivity contribution in [2.24, 2.45) is 5.92 Å². The van der Waals surface area contributed by atoms with Gasteiger partial charge in [-0.25, -0.2) is 0 Å². The number of hydrogen-bond donors (Lipinski definition) is 1. The molecule has 0 aliphatic carbocycles. The lowest BCUT2D eigenvalue weighted by Gasteiger charge is -2.39. The number of aryl methyl sites for hydroxylation is 2. The average molecular weight is 274 g/mol. The van der Waals surface area contributed by atoms with E-state index in [2.05, 4.69) is 63.0 Å². The second-order valence-electron chi connectivity index (χ2n) is 6.93. The van der Waals surface area contributed by atoms with Crippen molar-refractivity contribution in [2.45, 2.75) is 59.7 Å². The third-order valence-corrected chi connectivity index (χ3v) is 4.49. The van der Waals surface area contributed by atoms with Crippen LogP contribution in [-0.2, 0) is 6.54 Å². The van der Waals surface area contributed by atoms with E-state index < -0.39 is 0 Å². The zero-order valence-electron chi connectivity index (χ0n) is 13.7. The van der Waals surface area contributed by atoms with Crippen LogP contribution < -0.4 is 5.32 Å². The lowest BCUT2D eigenvalue weighted by Crippen LogP contribution is -2.55. The highest BCUT2D eigenvalue weighted by atomic mass is 15.2. The van der Waals surface area contributed by atoms with E-state index >= 15 is 0 Å². The highest BCUT2D eigenvalue weighted by molar-refractivity contribution is 5.29. The number of benzene rings is 1. The summed E-state index contributed by atoms with van der Waals surface area (Å²) in [5, 5.41) is 3.69. The van der Waals surface area contributed by atoms with Gasteiger partial charge in [0.15, 0.2) is 0 Å². The molecule has 112 valence electrons. The second kappa shape index (κ2) is 6.73. The molecule has 0 aromatic heterocycles. The van der Waals surface area contributed by atoms with Gasteiger partial charge in [0, 0.05) is 31.7 Å². The summed E-state index contributed by atoms with van der Waals surface area (Å²) in [5.74, 6) is 0.768. The van der Waals surface area contributed by atoms with Crippen molar-refractivity contribution in [1.82, 2.24) is 10.2 Å². The van der Waals surface area contributed by atoms with Crippen LogP contribution >= 0.6 is 0 Å². The predicted molar refractivity (Wildman–Crippen MR) is 87.0 cm³/mol. The maximum Gasteiger partial charge on any atom is 0.0237 e. The van der Waals surface area contributed by atoms with E-state index in [1.165, 1.54) is 29.7 Å². The molecule has 1 fully saturated rings. The summed E-state index contributed by atoms with van der Waals surface area (Å²) in [6, 6.07) is 8.16. The molecule has 2 rings (SSSR count). The van der Waals surface area contributed by atoms with E-state index in [0.29, 0.717) is 12.1 Å². The van der Waals surface area contributed by atoms with Crippen LogP contribution in [0.15, 0.2) is 18.2 Å². The molecule has 0 spiro atoms. The Morgan fingerprint density at radius 2 is 2.00 bits per heavy atom. The summed E-state index contributed by atoms with van der Waals surface area (Å²) in [6.07, 6.45) is 1.27. The Balaban J connectivity index is 2.00. The van der Waals surface area contributed by atoms with E-state index in [1.807, 2.05) is 0 Å². The maximum absolute atomic E-state index is 3.69. The van der Waals surface area contributed by atoms with E-state index in [-0.39, 0.29) is 0 Å². The fourth-order valence-electron chi connectivity index (χ4n) is 3.08. The molecule has 0 radical (unpaired) electrons. The Labute approximate surface area is 124 Å². The van der Waals surface area contributed by atoms with Crippen LogP contribution in [-0.4, -0.2) is 30.1 Å². The minimum atomic E-state index is 0.625. The van der Waals surface area contributed by atoms with Gasteiger partial charge in [0.05, 0.1) is 0 Å². The molecule has 1 aromatic rings. The first-order valence-corrected chi connectivity index (χ1v) is 7.99. The fraction of sp³-hybridized carbons (Fsp3) is 0.667. The van der Waals surface area contributed by atoms with Crippen molar-refractivity contribution < 1.29 is 0 Å². The molecule has 0 amide bonds. The number of piperazine rings is 1. The van der Waals surface area contributed by atoms with Crippen molar-refractivity contribution in [3.05, 3.63) is 34.9 Å². The van der Waals surface area contributed by atoms with E-state index in [4.69, 9.17) is 0 Å². The summed E-state index contributed by atoms with van der Waals surface area (Å²) in [7, 11) is 0. The van der Waals surface area contributed by atoms with Gasteiger partial charge < -0.3 is 5.32 Å².